The average molecular weight is 293 g/mol. The Morgan fingerprint density at radius 2 is 2.00 bits per heavy atom. The van der Waals surface area contributed by atoms with E-state index < -0.39 is 0 Å². The van der Waals surface area contributed by atoms with Gasteiger partial charge >= 0.3 is 0 Å². The van der Waals surface area contributed by atoms with Crippen LogP contribution in [0.1, 0.15) is 32.8 Å². The van der Waals surface area contributed by atoms with Gasteiger partial charge in [0, 0.05) is 18.9 Å². The second-order valence-electron chi connectivity index (χ2n) is 5.51. The quantitative estimate of drug-likeness (QED) is 0.340. The van der Waals surface area contributed by atoms with Crippen LogP contribution in [0.15, 0.2) is 29.5 Å². The fourth-order valence-corrected chi connectivity index (χ4v) is 1.80. The van der Waals surface area contributed by atoms with Crippen LogP contribution < -0.4 is 16.4 Å². The summed E-state index contributed by atoms with van der Waals surface area (Å²) in [7, 11) is 0. The summed E-state index contributed by atoms with van der Waals surface area (Å²) in [6.45, 7) is 6.73. The predicted octanol–water partition coefficient (Wildman–Crippen LogP) is 1.59. The topological polar surface area (TPSA) is 75.3 Å². The highest BCUT2D eigenvalue weighted by Gasteiger charge is 2.08. The number of rotatable bonds is 4. The number of nitrogens with one attached hydrogen (secondary N) is 2. The van der Waals surface area contributed by atoms with Gasteiger partial charge in [0.2, 0.25) is 0 Å². The molecule has 1 heterocycles. The van der Waals surface area contributed by atoms with Crippen molar-refractivity contribution < 1.29 is 0 Å². The number of pyridine rings is 1. The van der Waals surface area contributed by atoms with E-state index in [1.54, 1.807) is 12.4 Å². The Morgan fingerprint density at radius 3 is 2.60 bits per heavy atom. The van der Waals surface area contributed by atoms with Crippen LogP contribution in [-0.4, -0.2) is 28.1 Å². The van der Waals surface area contributed by atoms with Gasteiger partial charge in [-0.3, -0.25) is 4.98 Å². The van der Waals surface area contributed by atoms with Crippen LogP contribution in [0.5, 0.6) is 0 Å². The minimum atomic E-state index is -0.214. The maximum absolute atomic E-state index is 5.76. The van der Waals surface area contributed by atoms with Crippen molar-refractivity contribution in [2.24, 2.45) is 10.7 Å². The van der Waals surface area contributed by atoms with Crippen LogP contribution in [0.25, 0.3) is 0 Å². The summed E-state index contributed by atoms with van der Waals surface area (Å²) in [5, 5.41) is 6.49. The van der Waals surface area contributed by atoms with Crippen LogP contribution in [0, 0.1) is 0 Å². The molecule has 0 saturated heterocycles. The number of aryl methyl sites for hydroxylation is 1. The van der Waals surface area contributed by atoms with Crippen LogP contribution in [0.3, 0.4) is 0 Å². The summed E-state index contributed by atoms with van der Waals surface area (Å²) in [6.07, 6.45) is 5.59. The van der Waals surface area contributed by atoms with E-state index in [0.29, 0.717) is 11.1 Å². The van der Waals surface area contributed by atoms with Crippen molar-refractivity contribution in [3.05, 3.63) is 30.1 Å². The lowest BCUT2D eigenvalue weighted by Crippen LogP contribution is -2.44. The number of hydrogen-bond acceptors (Lipinski definition) is 3. The minimum Gasteiger partial charge on any atom is -0.370 e. The molecule has 0 aliphatic rings. The van der Waals surface area contributed by atoms with E-state index >= 15 is 0 Å². The first-order valence-electron chi connectivity index (χ1n) is 6.66. The first-order chi connectivity index (χ1) is 9.37. The number of thiocarbonyl (C=S) groups is 1. The van der Waals surface area contributed by atoms with Gasteiger partial charge in [-0.2, -0.15) is 0 Å². The summed E-state index contributed by atoms with van der Waals surface area (Å²) < 4.78 is 0. The number of nitrogens with zero attached hydrogens (tertiary/aromatic N) is 2. The highest BCUT2D eigenvalue weighted by Crippen LogP contribution is 2.04. The third-order valence-corrected chi connectivity index (χ3v) is 2.62. The zero-order chi connectivity index (χ0) is 15.0. The number of guanidine groups is 1. The molecule has 0 radical (unpaired) electrons. The monoisotopic (exact) mass is 293 g/mol. The summed E-state index contributed by atoms with van der Waals surface area (Å²) in [5.41, 5.74) is 6.82. The van der Waals surface area contributed by atoms with Crippen LogP contribution in [0.2, 0.25) is 0 Å². The van der Waals surface area contributed by atoms with Crippen LogP contribution in [0.4, 0.5) is 0 Å². The Kier molecular flexibility index (Phi) is 6.38. The molecule has 0 amide bonds. The molecule has 5 nitrogen and oxygen atoms in total. The highest BCUT2D eigenvalue weighted by atomic mass is 32.1. The molecule has 0 aliphatic heterocycles. The van der Waals surface area contributed by atoms with Gasteiger partial charge in [-0.25, -0.2) is 4.99 Å². The third-order valence-electron chi connectivity index (χ3n) is 2.37. The Morgan fingerprint density at radius 1 is 1.35 bits per heavy atom. The first kappa shape index (κ1) is 16.4. The highest BCUT2D eigenvalue weighted by molar-refractivity contribution is 7.80. The van der Waals surface area contributed by atoms with E-state index in [2.05, 4.69) is 20.6 Å². The molecule has 0 aromatic carbocycles. The van der Waals surface area contributed by atoms with Gasteiger partial charge in [0.25, 0.3) is 0 Å². The Balaban J connectivity index is 2.22. The first-order valence-corrected chi connectivity index (χ1v) is 7.07. The average Bonchev–Trinajstić information content (AvgIpc) is 2.33. The van der Waals surface area contributed by atoms with Crippen molar-refractivity contribution in [3.63, 3.8) is 0 Å². The van der Waals surface area contributed by atoms with Gasteiger partial charge in [-0.15, -0.1) is 0 Å². The number of hydrogen-bond donors (Lipinski definition) is 3. The predicted molar refractivity (Wildman–Crippen MR) is 87.7 cm³/mol. The summed E-state index contributed by atoms with van der Waals surface area (Å²) in [6, 6.07) is 4.04. The zero-order valence-electron chi connectivity index (χ0n) is 12.3. The van der Waals surface area contributed by atoms with Gasteiger partial charge in [-0.1, -0.05) is 0 Å². The van der Waals surface area contributed by atoms with Gasteiger partial charge in [0.15, 0.2) is 11.1 Å². The van der Waals surface area contributed by atoms with E-state index in [1.165, 1.54) is 5.56 Å². The van der Waals surface area contributed by atoms with Crippen molar-refractivity contribution >= 4 is 23.3 Å². The molecule has 0 atom stereocenters. The van der Waals surface area contributed by atoms with Gasteiger partial charge < -0.3 is 16.4 Å². The Labute approximate surface area is 126 Å². The van der Waals surface area contributed by atoms with Crippen molar-refractivity contribution in [2.75, 3.05) is 6.54 Å². The zero-order valence-corrected chi connectivity index (χ0v) is 13.1. The SMILES string of the molecule is CC(C)(C)N=C(N)NC(=S)NCCCc1ccncc1. The number of aromatic nitrogens is 1. The molecule has 0 bridgehead atoms. The fraction of sp³-hybridized carbons (Fsp3) is 0.500. The molecule has 1 aromatic heterocycles. The lowest BCUT2D eigenvalue weighted by Gasteiger charge is -2.15. The van der Waals surface area contributed by atoms with Crippen molar-refractivity contribution in [1.29, 1.82) is 0 Å². The molecule has 0 fully saturated rings. The minimum absolute atomic E-state index is 0.214. The van der Waals surface area contributed by atoms with E-state index in [-0.39, 0.29) is 5.54 Å². The van der Waals surface area contributed by atoms with E-state index in [4.69, 9.17) is 18.0 Å². The Bertz CT molecular complexity index is 450. The van der Waals surface area contributed by atoms with Crippen molar-refractivity contribution in [1.82, 2.24) is 15.6 Å². The summed E-state index contributed by atoms with van der Waals surface area (Å²) >= 11 is 5.16. The molecule has 0 saturated carbocycles. The molecule has 0 aliphatic carbocycles. The second-order valence-corrected chi connectivity index (χ2v) is 5.92. The number of nitrogens with two attached hydrogens (primary N) is 1. The molecule has 1 rings (SSSR count). The number of aliphatic imine (C=N–C) groups is 1. The summed E-state index contributed by atoms with van der Waals surface area (Å²) in [4.78, 5) is 8.26. The van der Waals surface area contributed by atoms with E-state index in [0.717, 1.165) is 19.4 Å². The van der Waals surface area contributed by atoms with E-state index in [1.807, 2.05) is 32.9 Å². The molecule has 0 spiro atoms. The fourth-order valence-electron chi connectivity index (χ4n) is 1.59. The summed E-state index contributed by atoms with van der Waals surface area (Å²) in [5.74, 6) is 0.337. The maximum Gasteiger partial charge on any atom is 0.195 e. The second kappa shape index (κ2) is 7.79. The maximum atomic E-state index is 5.76. The Hall–Kier alpha value is -1.69. The molecule has 4 N–H and O–H groups in total. The molecule has 1 aromatic rings. The van der Waals surface area contributed by atoms with Gasteiger partial charge in [0.1, 0.15) is 0 Å². The van der Waals surface area contributed by atoms with Crippen LogP contribution in [-0.2, 0) is 6.42 Å². The smallest absolute Gasteiger partial charge is 0.195 e. The lowest BCUT2D eigenvalue weighted by atomic mass is 10.1. The molecular weight excluding hydrogens is 270 g/mol. The van der Waals surface area contributed by atoms with Crippen LogP contribution >= 0.6 is 12.2 Å². The van der Waals surface area contributed by atoms with Crippen molar-refractivity contribution in [2.45, 2.75) is 39.2 Å². The largest absolute Gasteiger partial charge is 0.370 e. The normalized spacial score (nSPS) is 12.1. The molecule has 0 unspecified atom stereocenters. The van der Waals surface area contributed by atoms with E-state index in [9.17, 15) is 0 Å². The lowest BCUT2D eigenvalue weighted by molar-refractivity contribution is 0.580. The van der Waals surface area contributed by atoms with Gasteiger partial charge in [0.05, 0.1) is 5.54 Å². The van der Waals surface area contributed by atoms with Crippen molar-refractivity contribution in [3.8, 4) is 0 Å². The molecular formula is C14H23N5S. The van der Waals surface area contributed by atoms with Gasteiger partial charge in [-0.05, 0) is 63.5 Å². The third kappa shape index (κ3) is 7.68. The molecule has 110 valence electrons. The molecule has 6 heteroatoms. The molecule has 20 heavy (non-hydrogen) atoms. The standard InChI is InChI=1S/C14H23N5S/c1-14(2,3)19-12(15)18-13(20)17-8-4-5-11-6-9-16-10-7-11/h6-7,9-10H,4-5,8H2,1-3H3,(H4,15,17,18,19,20).